The Bertz CT molecular complexity index is 551. The third-order valence-corrected chi connectivity index (χ3v) is 5.99. The van der Waals surface area contributed by atoms with Crippen LogP contribution in [0.1, 0.15) is 25.7 Å². The number of benzene rings is 1. The van der Waals surface area contributed by atoms with Crippen molar-refractivity contribution >= 4 is 33.2 Å². The predicted octanol–water partition coefficient (Wildman–Crippen LogP) is 2.82. The Labute approximate surface area is 129 Å². The van der Waals surface area contributed by atoms with E-state index in [4.69, 9.17) is 23.2 Å². The molecule has 0 aliphatic heterocycles. The van der Waals surface area contributed by atoms with Crippen molar-refractivity contribution in [2.24, 2.45) is 5.92 Å². The molecule has 0 bridgehead atoms. The maximum atomic E-state index is 12.2. The van der Waals surface area contributed by atoms with E-state index in [1.165, 1.54) is 12.1 Å². The van der Waals surface area contributed by atoms with E-state index < -0.39 is 16.1 Å². The maximum Gasteiger partial charge on any atom is 0.243 e. The highest BCUT2D eigenvalue weighted by Crippen LogP contribution is 2.30. The van der Waals surface area contributed by atoms with Gasteiger partial charge in [-0.1, -0.05) is 42.1 Å². The van der Waals surface area contributed by atoms with Crippen LogP contribution in [0.5, 0.6) is 0 Å². The van der Waals surface area contributed by atoms with Crippen LogP contribution < -0.4 is 4.72 Å². The summed E-state index contributed by atoms with van der Waals surface area (Å²) >= 11 is 11.8. The molecule has 1 aromatic carbocycles. The zero-order chi connectivity index (χ0) is 14.8. The van der Waals surface area contributed by atoms with Crippen molar-refractivity contribution in [1.82, 2.24) is 4.72 Å². The van der Waals surface area contributed by atoms with Gasteiger partial charge in [-0.3, -0.25) is 0 Å². The Morgan fingerprint density at radius 3 is 2.35 bits per heavy atom. The zero-order valence-corrected chi connectivity index (χ0v) is 13.2. The second kappa shape index (κ2) is 6.62. The van der Waals surface area contributed by atoms with Gasteiger partial charge in [0.15, 0.2) is 0 Å². The summed E-state index contributed by atoms with van der Waals surface area (Å²) in [5.41, 5.74) is 0. The second-order valence-electron chi connectivity index (χ2n) is 5.01. The van der Waals surface area contributed by atoms with Gasteiger partial charge in [-0.25, -0.2) is 13.1 Å². The number of rotatable bonds is 5. The van der Waals surface area contributed by atoms with Crippen molar-refractivity contribution < 1.29 is 13.5 Å². The van der Waals surface area contributed by atoms with Gasteiger partial charge in [0.2, 0.25) is 10.0 Å². The van der Waals surface area contributed by atoms with Crippen LogP contribution in [-0.4, -0.2) is 26.2 Å². The molecule has 1 aliphatic carbocycles. The molecule has 7 heteroatoms. The molecule has 0 spiro atoms. The molecule has 1 aromatic rings. The molecule has 20 heavy (non-hydrogen) atoms. The monoisotopic (exact) mass is 337 g/mol. The van der Waals surface area contributed by atoms with Gasteiger partial charge >= 0.3 is 0 Å². The Hall–Kier alpha value is -0.330. The summed E-state index contributed by atoms with van der Waals surface area (Å²) in [4.78, 5) is -0.137. The number of sulfonamides is 1. The van der Waals surface area contributed by atoms with E-state index in [2.05, 4.69) is 4.72 Å². The highest BCUT2D eigenvalue weighted by atomic mass is 35.5. The predicted molar refractivity (Wildman–Crippen MR) is 79.6 cm³/mol. The standard InChI is InChI=1S/C13H17Cl2NO3S/c14-10-6-3-7-11(15)13(10)20(18,19)16-8-12(17)9-4-1-2-5-9/h3,6-7,9,12,16-17H,1-2,4-5,8H2. The molecule has 2 rings (SSSR count). The third kappa shape index (κ3) is 3.65. The molecule has 0 heterocycles. The first kappa shape index (κ1) is 16.0. The molecule has 2 N–H and O–H groups in total. The van der Waals surface area contributed by atoms with Crippen LogP contribution in [-0.2, 0) is 10.0 Å². The molecule has 0 radical (unpaired) electrons. The minimum absolute atomic E-state index is 0.0193. The van der Waals surface area contributed by atoms with Crippen LogP contribution in [0.4, 0.5) is 0 Å². The SMILES string of the molecule is O=S(=O)(NCC(O)C1CCCC1)c1c(Cl)cccc1Cl. The number of halogens is 2. The van der Waals surface area contributed by atoms with Gasteiger partial charge in [0, 0.05) is 6.54 Å². The summed E-state index contributed by atoms with van der Waals surface area (Å²) in [5.74, 6) is 0.166. The van der Waals surface area contributed by atoms with Crippen LogP contribution in [0.15, 0.2) is 23.1 Å². The van der Waals surface area contributed by atoms with Crippen LogP contribution in [0, 0.1) is 5.92 Å². The van der Waals surface area contributed by atoms with E-state index in [0.717, 1.165) is 25.7 Å². The average molecular weight is 338 g/mol. The van der Waals surface area contributed by atoms with Gasteiger partial charge in [0.05, 0.1) is 16.1 Å². The van der Waals surface area contributed by atoms with Crippen LogP contribution in [0.3, 0.4) is 0 Å². The summed E-state index contributed by atoms with van der Waals surface area (Å²) in [6.45, 7) is -0.0193. The number of aliphatic hydroxyl groups is 1. The molecule has 1 fully saturated rings. The molecular formula is C13H17Cl2NO3S. The number of hydrogen-bond donors (Lipinski definition) is 2. The summed E-state index contributed by atoms with van der Waals surface area (Å²) in [6, 6.07) is 4.52. The van der Waals surface area contributed by atoms with E-state index in [1.54, 1.807) is 6.07 Å². The molecule has 1 unspecified atom stereocenters. The first-order valence-corrected chi connectivity index (χ1v) is 8.77. The van der Waals surface area contributed by atoms with Crippen molar-refractivity contribution in [1.29, 1.82) is 0 Å². The molecule has 1 saturated carbocycles. The Morgan fingerprint density at radius 1 is 1.25 bits per heavy atom. The first-order valence-electron chi connectivity index (χ1n) is 6.53. The smallest absolute Gasteiger partial charge is 0.243 e. The molecule has 0 amide bonds. The fraction of sp³-hybridized carbons (Fsp3) is 0.538. The van der Waals surface area contributed by atoms with E-state index in [-0.39, 0.29) is 27.4 Å². The molecule has 1 aliphatic rings. The highest BCUT2D eigenvalue weighted by Gasteiger charge is 2.26. The Kier molecular flexibility index (Phi) is 5.31. The number of aliphatic hydroxyl groups excluding tert-OH is 1. The Balaban J connectivity index is 2.07. The Morgan fingerprint density at radius 2 is 1.80 bits per heavy atom. The number of nitrogens with one attached hydrogen (secondary N) is 1. The van der Waals surface area contributed by atoms with Gasteiger partial charge < -0.3 is 5.11 Å². The van der Waals surface area contributed by atoms with E-state index in [1.807, 2.05) is 0 Å². The molecular weight excluding hydrogens is 321 g/mol. The maximum absolute atomic E-state index is 12.2. The van der Waals surface area contributed by atoms with E-state index in [9.17, 15) is 13.5 Å². The normalized spacial score (nSPS) is 18.4. The number of hydrogen-bond acceptors (Lipinski definition) is 3. The minimum atomic E-state index is -3.82. The molecule has 0 aromatic heterocycles. The second-order valence-corrected chi connectivity index (χ2v) is 7.53. The lowest BCUT2D eigenvalue weighted by Gasteiger charge is -2.18. The zero-order valence-electron chi connectivity index (χ0n) is 10.9. The van der Waals surface area contributed by atoms with Crippen LogP contribution in [0.25, 0.3) is 0 Å². The van der Waals surface area contributed by atoms with Gasteiger partial charge in [-0.15, -0.1) is 0 Å². The fourth-order valence-electron chi connectivity index (χ4n) is 2.52. The van der Waals surface area contributed by atoms with Crippen molar-refractivity contribution in [3.63, 3.8) is 0 Å². The quantitative estimate of drug-likeness (QED) is 0.868. The van der Waals surface area contributed by atoms with Crippen LogP contribution >= 0.6 is 23.2 Å². The van der Waals surface area contributed by atoms with Crippen molar-refractivity contribution in [3.8, 4) is 0 Å². The average Bonchev–Trinajstić information content (AvgIpc) is 2.89. The van der Waals surface area contributed by atoms with Gasteiger partial charge in [0.1, 0.15) is 4.90 Å². The molecule has 112 valence electrons. The van der Waals surface area contributed by atoms with Gasteiger partial charge in [-0.05, 0) is 30.9 Å². The summed E-state index contributed by atoms with van der Waals surface area (Å²) in [5, 5.41) is 10.1. The van der Waals surface area contributed by atoms with Gasteiger partial charge in [0.25, 0.3) is 0 Å². The van der Waals surface area contributed by atoms with Crippen LogP contribution in [0.2, 0.25) is 10.0 Å². The fourth-order valence-corrected chi connectivity index (χ4v) is 4.71. The van der Waals surface area contributed by atoms with Crippen molar-refractivity contribution in [3.05, 3.63) is 28.2 Å². The lowest BCUT2D eigenvalue weighted by atomic mass is 10.0. The lowest BCUT2D eigenvalue weighted by molar-refractivity contribution is 0.115. The molecule has 0 saturated heterocycles. The summed E-state index contributed by atoms with van der Waals surface area (Å²) in [7, 11) is -3.82. The minimum Gasteiger partial charge on any atom is -0.391 e. The van der Waals surface area contributed by atoms with Gasteiger partial charge in [-0.2, -0.15) is 0 Å². The topological polar surface area (TPSA) is 66.4 Å². The summed E-state index contributed by atoms with van der Waals surface area (Å²) in [6.07, 6.45) is 3.38. The van der Waals surface area contributed by atoms with E-state index in [0.29, 0.717) is 0 Å². The third-order valence-electron chi connectivity index (χ3n) is 3.61. The van der Waals surface area contributed by atoms with Crippen molar-refractivity contribution in [2.45, 2.75) is 36.7 Å². The van der Waals surface area contributed by atoms with Crippen molar-refractivity contribution in [2.75, 3.05) is 6.54 Å². The largest absolute Gasteiger partial charge is 0.391 e. The highest BCUT2D eigenvalue weighted by molar-refractivity contribution is 7.89. The van der Waals surface area contributed by atoms with E-state index >= 15 is 0 Å². The first-order chi connectivity index (χ1) is 9.42. The molecule has 1 atom stereocenters. The molecule has 4 nitrogen and oxygen atoms in total. The lowest BCUT2D eigenvalue weighted by Crippen LogP contribution is -2.35. The summed E-state index contributed by atoms with van der Waals surface area (Å²) < 4.78 is 26.8.